The predicted octanol–water partition coefficient (Wildman–Crippen LogP) is 7.48. The van der Waals surface area contributed by atoms with Crippen LogP contribution in [0.1, 0.15) is 87.3 Å². The Balaban J connectivity index is 1.56. The Hall–Kier alpha value is -2.35. The van der Waals surface area contributed by atoms with Crippen LogP contribution in [0, 0.1) is 0 Å². The van der Waals surface area contributed by atoms with Gasteiger partial charge in [-0.3, -0.25) is 4.79 Å². The molecule has 0 atom stereocenters. The minimum Gasteiger partial charge on any atom is -0.488 e. The lowest BCUT2D eigenvalue weighted by atomic mass is 9.84. The second kappa shape index (κ2) is 11.6. The van der Waals surface area contributed by atoms with Crippen molar-refractivity contribution in [1.29, 1.82) is 0 Å². The molecule has 0 N–H and O–H groups in total. The molecule has 0 aromatic heterocycles. The Morgan fingerprint density at radius 1 is 1.00 bits per heavy atom. The molecule has 0 saturated heterocycles. The van der Waals surface area contributed by atoms with E-state index in [-0.39, 0.29) is 5.78 Å². The molecular formula is C27H34O2. The minimum atomic E-state index is 0.187. The van der Waals surface area contributed by atoms with Gasteiger partial charge in [0.05, 0.1) is 0 Å². The molecular weight excluding hydrogens is 356 g/mol. The average molecular weight is 391 g/mol. The maximum absolute atomic E-state index is 12.0. The van der Waals surface area contributed by atoms with Crippen molar-refractivity contribution in [2.24, 2.45) is 0 Å². The molecule has 29 heavy (non-hydrogen) atoms. The summed E-state index contributed by atoms with van der Waals surface area (Å²) in [6, 6.07) is 16.9. The molecule has 2 aromatic rings. The molecule has 3 rings (SSSR count). The van der Waals surface area contributed by atoms with E-state index < -0.39 is 0 Å². The molecule has 0 spiro atoms. The van der Waals surface area contributed by atoms with Crippen LogP contribution in [-0.4, -0.2) is 5.78 Å². The summed E-state index contributed by atoms with van der Waals surface area (Å²) in [4.78, 5) is 12.0. The van der Waals surface area contributed by atoms with Gasteiger partial charge in [0.25, 0.3) is 0 Å². The van der Waals surface area contributed by atoms with Gasteiger partial charge in [-0.1, -0.05) is 81.5 Å². The maximum Gasteiger partial charge on any atom is 0.155 e. The highest BCUT2D eigenvalue weighted by Gasteiger charge is 2.15. The zero-order valence-corrected chi connectivity index (χ0v) is 17.7. The van der Waals surface area contributed by atoms with Gasteiger partial charge in [0.2, 0.25) is 0 Å². The number of carbonyl (C=O) groups is 1. The first kappa shape index (κ1) is 21.4. The summed E-state index contributed by atoms with van der Waals surface area (Å²) < 4.78 is 6.08. The van der Waals surface area contributed by atoms with Crippen molar-refractivity contribution in [2.75, 3.05) is 0 Å². The smallest absolute Gasteiger partial charge is 0.155 e. The lowest BCUT2D eigenvalue weighted by molar-refractivity contribution is -0.114. The quantitative estimate of drug-likeness (QED) is 0.310. The van der Waals surface area contributed by atoms with Gasteiger partial charge in [-0.25, -0.2) is 0 Å². The molecule has 0 radical (unpaired) electrons. The zero-order valence-electron chi connectivity index (χ0n) is 17.7. The summed E-state index contributed by atoms with van der Waals surface area (Å²) in [7, 11) is 0. The molecule has 0 aliphatic heterocycles. The van der Waals surface area contributed by atoms with Crippen LogP contribution in [0.15, 0.2) is 54.6 Å². The van der Waals surface area contributed by atoms with Gasteiger partial charge >= 0.3 is 0 Å². The standard InChI is InChI=1S/C27H34O2/c1-2-3-5-13-26(28)20-19-25-12-8-9-14-27(25)29-21-22-15-17-24(18-16-22)23-10-6-4-7-11-23/h8-9,12,14-20,23H,2-7,10-11,13,21H2,1H3/b20-19+. The summed E-state index contributed by atoms with van der Waals surface area (Å²) in [6.45, 7) is 2.69. The molecule has 2 heteroatoms. The number of ether oxygens (including phenoxy) is 1. The van der Waals surface area contributed by atoms with E-state index in [0.717, 1.165) is 36.5 Å². The third kappa shape index (κ3) is 6.88. The minimum absolute atomic E-state index is 0.187. The summed E-state index contributed by atoms with van der Waals surface area (Å²) >= 11 is 0. The van der Waals surface area contributed by atoms with Gasteiger partial charge in [-0.15, -0.1) is 0 Å². The van der Waals surface area contributed by atoms with Gasteiger partial charge in [0.1, 0.15) is 12.4 Å². The number of allylic oxidation sites excluding steroid dienone is 1. The highest BCUT2D eigenvalue weighted by molar-refractivity contribution is 5.93. The zero-order chi connectivity index (χ0) is 20.3. The Kier molecular flexibility index (Phi) is 8.55. The van der Waals surface area contributed by atoms with Crippen molar-refractivity contribution >= 4 is 11.9 Å². The summed E-state index contributed by atoms with van der Waals surface area (Å²) in [6.07, 6.45) is 14.2. The normalized spacial score (nSPS) is 14.9. The van der Waals surface area contributed by atoms with Gasteiger partial charge in [-0.2, -0.15) is 0 Å². The molecule has 0 amide bonds. The Morgan fingerprint density at radius 3 is 2.52 bits per heavy atom. The fourth-order valence-electron chi connectivity index (χ4n) is 4.05. The van der Waals surface area contributed by atoms with Crippen molar-refractivity contribution in [3.63, 3.8) is 0 Å². The van der Waals surface area contributed by atoms with Crippen LogP contribution in [0.2, 0.25) is 0 Å². The van der Waals surface area contributed by atoms with Crippen LogP contribution in [0.5, 0.6) is 5.75 Å². The fourth-order valence-corrected chi connectivity index (χ4v) is 4.05. The van der Waals surface area contributed by atoms with E-state index in [9.17, 15) is 4.79 Å². The molecule has 1 saturated carbocycles. The van der Waals surface area contributed by atoms with Crippen LogP contribution < -0.4 is 4.74 Å². The molecule has 0 unspecified atom stereocenters. The summed E-state index contributed by atoms with van der Waals surface area (Å²) in [5.41, 5.74) is 3.60. The SMILES string of the molecule is CCCCCC(=O)/C=C/c1ccccc1OCc1ccc(C2CCCCC2)cc1. The van der Waals surface area contributed by atoms with E-state index in [2.05, 4.69) is 31.2 Å². The van der Waals surface area contributed by atoms with Gasteiger partial charge in [0.15, 0.2) is 5.78 Å². The van der Waals surface area contributed by atoms with Crippen molar-refractivity contribution in [3.05, 3.63) is 71.3 Å². The van der Waals surface area contributed by atoms with Crippen molar-refractivity contribution in [2.45, 2.75) is 77.2 Å². The number of hydrogen-bond donors (Lipinski definition) is 0. The fraction of sp³-hybridized carbons (Fsp3) is 0.444. The number of ketones is 1. The Morgan fingerprint density at radius 2 is 1.76 bits per heavy atom. The first-order valence-corrected chi connectivity index (χ1v) is 11.3. The van der Waals surface area contributed by atoms with E-state index in [1.807, 2.05) is 30.3 Å². The highest BCUT2D eigenvalue weighted by atomic mass is 16.5. The van der Waals surface area contributed by atoms with E-state index in [1.165, 1.54) is 43.2 Å². The summed E-state index contributed by atoms with van der Waals surface area (Å²) in [5.74, 6) is 1.74. The Labute approximate surface area is 176 Å². The number of carbonyl (C=O) groups excluding carboxylic acids is 1. The highest BCUT2D eigenvalue weighted by Crippen LogP contribution is 2.32. The molecule has 0 heterocycles. The number of hydrogen-bond acceptors (Lipinski definition) is 2. The van der Waals surface area contributed by atoms with E-state index in [1.54, 1.807) is 6.08 Å². The van der Waals surface area contributed by atoms with Gasteiger partial charge < -0.3 is 4.74 Å². The third-order valence-corrected chi connectivity index (χ3v) is 5.85. The first-order valence-electron chi connectivity index (χ1n) is 11.3. The molecule has 1 aliphatic carbocycles. The van der Waals surface area contributed by atoms with Crippen molar-refractivity contribution in [3.8, 4) is 5.75 Å². The average Bonchev–Trinajstić information content (AvgIpc) is 2.78. The predicted molar refractivity (Wildman–Crippen MR) is 121 cm³/mol. The molecule has 2 aromatic carbocycles. The molecule has 1 aliphatic rings. The lowest BCUT2D eigenvalue weighted by Gasteiger charge is -2.22. The second-order valence-electron chi connectivity index (χ2n) is 8.16. The lowest BCUT2D eigenvalue weighted by Crippen LogP contribution is -2.04. The van der Waals surface area contributed by atoms with E-state index in [0.29, 0.717) is 13.0 Å². The largest absolute Gasteiger partial charge is 0.488 e. The van der Waals surface area contributed by atoms with E-state index in [4.69, 9.17) is 4.74 Å². The number of unbranched alkanes of at least 4 members (excludes halogenated alkanes) is 2. The van der Waals surface area contributed by atoms with Crippen LogP contribution >= 0.6 is 0 Å². The monoisotopic (exact) mass is 390 g/mol. The van der Waals surface area contributed by atoms with Crippen molar-refractivity contribution < 1.29 is 9.53 Å². The number of benzene rings is 2. The maximum atomic E-state index is 12.0. The van der Waals surface area contributed by atoms with Crippen LogP contribution in [0.3, 0.4) is 0 Å². The topological polar surface area (TPSA) is 26.3 Å². The molecule has 0 bridgehead atoms. The van der Waals surface area contributed by atoms with E-state index >= 15 is 0 Å². The van der Waals surface area contributed by atoms with Gasteiger partial charge in [-0.05, 0) is 54.5 Å². The first-order chi connectivity index (χ1) is 14.3. The molecule has 154 valence electrons. The van der Waals surface area contributed by atoms with Crippen LogP contribution in [0.4, 0.5) is 0 Å². The number of rotatable bonds is 10. The molecule has 1 fully saturated rings. The third-order valence-electron chi connectivity index (χ3n) is 5.85. The van der Waals surface area contributed by atoms with Crippen molar-refractivity contribution in [1.82, 2.24) is 0 Å². The second-order valence-corrected chi connectivity index (χ2v) is 8.16. The molecule has 2 nitrogen and oxygen atoms in total. The van der Waals surface area contributed by atoms with Gasteiger partial charge in [0, 0.05) is 12.0 Å². The van der Waals surface area contributed by atoms with Crippen LogP contribution in [0.25, 0.3) is 6.08 Å². The van der Waals surface area contributed by atoms with Crippen LogP contribution in [-0.2, 0) is 11.4 Å². The summed E-state index contributed by atoms with van der Waals surface area (Å²) in [5, 5.41) is 0. The Bertz CT molecular complexity index is 782. The number of para-hydroxylation sites is 1.